The van der Waals surface area contributed by atoms with Crippen LogP contribution in [0.25, 0.3) is 0 Å². The van der Waals surface area contributed by atoms with Gasteiger partial charge < -0.3 is 10.1 Å². The number of ether oxygens (including phenoxy) is 1. The van der Waals surface area contributed by atoms with Crippen LogP contribution in [0, 0.1) is 0 Å². The van der Waals surface area contributed by atoms with Gasteiger partial charge in [-0.2, -0.15) is 0 Å². The smallest absolute Gasteiger partial charge is 0.207 e. The summed E-state index contributed by atoms with van der Waals surface area (Å²) in [7, 11) is 0. The molecule has 5 nitrogen and oxygen atoms in total. The van der Waals surface area contributed by atoms with E-state index in [0.29, 0.717) is 18.7 Å². The van der Waals surface area contributed by atoms with Gasteiger partial charge in [-0.1, -0.05) is 73.7 Å². The highest BCUT2D eigenvalue weighted by molar-refractivity contribution is 5.45. The molecule has 1 atom stereocenters. The summed E-state index contributed by atoms with van der Waals surface area (Å²) in [6.45, 7) is 14.2. The number of nitrogens with one attached hydrogen (secondary N) is 1. The Bertz CT molecular complexity index is 1060. The molecule has 4 rings (SSSR count). The molecule has 0 fully saturated rings. The molecule has 0 radical (unpaired) electrons. The normalized spacial score (nSPS) is 15.0. The fraction of sp³-hybridized carbons (Fsp3) is 0.406. The number of rotatable bonds is 11. The highest BCUT2D eigenvalue weighted by atomic mass is 16.5. The molecule has 1 aliphatic rings. The van der Waals surface area contributed by atoms with Crippen LogP contribution in [0.4, 0.5) is 0 Å². The van der Waals surface area contributed by atoms with Crippen LogP contribution in [0.15, 0.2) is 78.9 Å². The SMILES string of the molecule is CC1c2ccc(OCc3ccccc3)cc2CCN1Cc1ccccc1.CCN(CCNC=O)C(C)C. The third-order valence-corrected chi connectivity index (χ3v) is 7.02. The zero-order valence-corrected chi connectivity index (χ0v) is 22.9. The maximum Gasteiger partial charge on any atom is 0.207 e. The van der Waals surface area contributed by atoms with Gasteiger partial charge in [-0.15, -0.1) is 0 Å². The highest BCUT2D eigenvalue weighted by Gasteiger charge is 2.24. The fourth-order valence-corrected chi connectivity index (χ4v) is 4.77. The van der Waals surface area contributed by atoms with Gasteiger partial charge in [0.2, 0.25) is 6.41 Å². The Morgan fingerprint density at radius 2 is 1.70 bits per heavy atom. The first-order valence-corrected chi connectivity index (χ1v) is 13.5. The second-order valence-electron chi connectivity index (χ2n) is 9.81. The summed E-state index contributed by atoms with van der Waals surface area (Å²) in [5.74, 6) is 0.969. The first-order valence-electron chi connectivity index (χ1n) is 13.5. The van der Waals surface area contributed by atoms with Crippen molar-refractivity contribution in [3.63, 3.8) is 0 Å². The van der Waals surface area contributed by atoms with Crippen LogP contribution in [-0.4, -0.2) is 48.4 Å². The molecule has 198 valence electrons. The maximum atomic E-state index is 9.91. The van der Waals surface area contributed by atoms with E-state index in [-0.39, 0.29) is 0 Å². The zero-order valence-electron chi connectivity index (χ0n) is 22.9. The largest absolute Gasteiger partial charge is 0.489 e. The predicted octanol–water partition coefficient (Wildman–Crippen LogP) is 5.85. The number of fused-ring (bicyclic) bond motifs is 1. The Balaban J connectivity index is 0.000000295. The second kappa shape index (κ2) is 15.2. The molecule has 3 aromatic rings. The van der Waals surface area contributed by atoms with E-state index in [0.717, 1.165) is 51.3 Å². The van der Waals surface area contributed by atoms with Crippen LogP contribution in [0.5, 0.6) is 5.75 Å². The number of benzene rings is 3. The van der Waals surface area contributed by atoms with Crippen LogP contribution in [0.2, 0.25) is 0 Å². The van der Waals surface area contributed by atoms with Crippen molar-refractivity contribution in [1.29, 1.82) is 0 Å². The first kappa shape index (κ1) is 28.4. The lowest BCUT2D eigenvalue weighted by atomic mass is 9.93. The number of likely N-dealkylation sites (N-methyl/N-ethyl adjacent to an activating group) is 1. The van der Waals surface area contributed by atoms with E-state index < -0.39 is 0 Å². The van der Waals surface area contributed by atoms with Gasteiger partial charge in [0.15, 0.2) is 0 Å². The minimum atomic E-state index is 0.433. The average Bonchev–Trinajstić information content (AvgIpc) is 2.93. The van der Waals surface area contributed by atoms with E-state index in [1.165, 1.54) is 22.3 Å². The Hall–Kier alpha value is -3.15. The van der Waals surface area contributed by atoms with Crippen LogP contribution < -0.4 is 10.1 Å². The Morgan fingerprint density at radius 1 is 1.03 bits per heavy atom. The van der Waals surface area contributed by atoms with Gasteiger partial charge in [0.05, 0.1) is 0 Å². The van der Waals surface area contributed by atoms with Crippen LogP contribution in [0.1, 0.15) is 56.0 Å². The molecule has 0 saturated carbocycles. The van der Waals surface area contributed by atoms with E-state index in [9.17, 15) is 4.79 Å². The van der Waals surface area contributed by atoms with Gasteiger partial charge in [0.1, 0.15) is 12.4 Å². The van der Waals surface area contributed by atoms with Gasteiger partial charge in [0, 0.05) is 38.3 Å². The molecule has 0 spiro atoms. The summed E-state index contributed by atoms with van der Waals surface area (Å²) in [4.78, 5) is 14.8. The number of carbonyl (C=O) groups excluding carboxylic acids is 1. The molecule has 0 saturated heterocycles. The molecule has 1 amide bonds. The van der Waals surface area contributed by atoms with E-state index in [1.807, 2.05) is 6.07 Å². The summed E-state index contributed by atoms with van der Waals surface area (Å²) in [6.07, 6.45) is 1.82. The summed E-state index contributed by atoms with van der Waals surface area (Å²) >= 11 is 0. The minimum absolute atomic E-state index is 0.433. The quantitative estimate of drug-likeness (QED) is 0.265. The number of nitrogens with zero attached hydrogens (tertiary/aromatic N) is 2. The summed E-state index contributed by atoms with van der Waals surface area (Å²) in [5.41, 5.74) is 5.44. The summed E-state index contributed by atoms with van der Waals surface area (Å²) < 4.78 is 6.00. The van der Waals surface area contributed by atoms with Crippen molar-refractivity contribution in [2.24, 2.45) is 0 Å². The van der Waals surface area contributed by atoms with Gasteiger partial charge in [0.25, 0.3) is 0 Å². The maximum absolute atomic E-state index is 9.91. The van der Waals surface area contributed by atoms with Crippen molar-refractivity contribution in [2.45, 2.75) is 59.4 Å². The molecule has 5 heteroatoms. The van der Waals surface area contributed by atoms with Crippen molar-refractivity contribution >= 4 is 6.41 Å². The topological polar surface area (TPSA) is 44.8 Å². The van der Waals surface area contributed by atoms with E-state index in [4.69, 9.17) is 4.74 Å². The third-order valence-electron chi connectivity index (χ3n) is 7.02. The lowest BCUT2D eigenvalue weighted by Crippen LogP contribution is -2.36. The molecule has 1 N–H and O–H groups in total. The molecular weight excluding hydrogens is 458 g/mol. The lowest BCUT2D eigenvalue weighted by molar-refractivity contribution is -0.109. The average molecular weight is 502 g/mol. The van der Waals surface area contributed by atoms with Crippen molar-refractivity contribution in [3.8, 4) is 5.75 Å². The van der Waals surface area contributed by atoms with E-state index in [1.54, 1.807) is 0 Å². The van der Waals surface area contributed by atoms with E-state index in [2.05, 4.69) is 116 Å². The molecule has 3 aromatic carbocycles. The van der Waals surface area contributed by atoms with Crippen LogP contribution in [0.3, 0.4) is 0 Å². The summed E-state index contributed by atoms with van der Waals surface area (Å²) in [5, 5.41) is 2.65. The monoisotopic (exact) mass is 501 g/mol. The Labute approximate surface area is 223 Å². The number of amides is 1. The van der Waals surface area contributed by atoms with Gasteiger partial charge >= 0.3 is 0 Å². The van der Waals surface area contributed by atoms with Gasteiger partial charge in [-0.25, -0.2) is 0 Å². The molecule has 1 aliphatic heterocycles. The van der Waals surface area contributed by atoms with Crippen molar-refractivity contribution in [2.75, 3.05) is 26.2 Å². The second-order valence-corrected chi connectivity index (χ2v) is 9.81. The van der Waals surface area contributed by atoms with Crippen LogP contribution >= 0.6 is 0 Å². The summed E-state index contributed by atoms with van der Waals surface area (Å²) in [6, 6.07) is 28.7. The Morgan fingerprint density at radius 3 is 2.32 bits per heavy atom. The molecule has 0 aliphatic carbocycles. The first-order chi connectivity index (χ1) is 18.0. The minimum Gasteiger partial charge on any atom is -0.489 e. The fourth-order valence-electron chi connectivity index (χ4n) is 4.77. The zero-order chi connectivity index (χ0) is 26.5. The molecule has 0 aromatic heterocycles. The molecule has 0 bridgehead atoms. The lowest BCUT2D eigenvalue weighted by Gasteiger charge is -2.35. The predicted molar refractivity (Wildman–Crippen MR) is 153 cm³/mol. The molecule has 37 heavy (non-hydrogen) atoms. The molecule has 1 unspecified atom stereocenters. The van der Waals surface area contributed by atoms with Crippen molar-refractivity contribution in [3.05, 3.63) is 101 Å². The standard InChI is InChI=1S/C24H25NO.C8H18N2O/c1-19-24-13-12-23(26-18-21-10-6-3-7-11-21)16-22(24)14-15-25(19)17-20-8-4-2-5-9-20;1-4-10(8(2)3)6-5-9-7-11/h2-13,16,19H,14-15,17-18H2,1H3;7-8H,4-6H2,1-3H3,(H,9,11). The van der Waals surface area contributed by atoms with Crippen molar-refractivity contribution < 1.29 is 9.53 Å². The van der Waals surface area contributed by atoms with Gasteiger partial charge in [-0.3, -0.25) is 14.6 Å². The molecular formula is C32H43N3O2. The number of hydrogen-bond donors (Lipinski definition) is 1. The number of carbonyl (C=O) groups is 1. The van der Waals surface area contributed by atoms with E-state index >= 15 is 0 Å². The van der Waals surface area contributed by atoms with Gasteiger partial charge in [-0.05, 0) is 68.1 Å². The third kappa shape index (κ3) is 9.03. The highest BCUT2D eigenvalue weighted by Crippen LogP contribution is 2.33. The number of hydrogen-bond acceptors (Lipinski definition) is 4. The van der Waals surface area contributed by atoms with Crippen LogP contribution in [-0.2, 0) is 24.4 Å². The molecule has 1 heterocycles. The van der Waals surface area contributed by atoms with Crippen molar-refractivity contribution in [1.82, 2.24) is 15.1 Å². The Kier molecular flexibility index (Phi) is 11.7.